The van der Waals surface area contributed by atoms with Gasteiger partial charge >= 0.3 is 5.97 Å². The van der Waals surface area contributed by atoms with E-state index in [0.717, 1.165) is 6.07 Å². The van der Waals surface area contributed by atoms with Crippen molar-refractivity contribution in [3.05, 3.63) is 76.5 Å². The molecule has 0 radical (unpaired) electrons. The van der Waals surface area contributed by atoms with E-state index in [1.54, 1.807) is 31.3 Å². The molecule has 0 N–H and O–H groups in total. The summed E-state index contributed by atoms with van der Waals surface area (Å²) in [7, 11) is 1.56. The minimum atomic E-state index is -0.641. The summed E-state index contributed by atoms with van der Waals surface area (Å²) in [6.45, 7) is 0. The monoisotopic (exact) mass is 297 g/mol. The molecule has 0 bridgehead atoms. The van der Waals surface area contributed by atoms with E-state index in [4.69, 9.17) is 4.74 Å². The Hall–Kier alpha value is -2.95. The molecular formula is C17H12FNO3. The summed E-state index contributed by atoms with van der Waals surface area (Å²) in [5.74, 6) is -1.02. The summed E-state index contributed by atoms with van der Waals surface area (Å²) in [5.41, 5.74) is 0.0554. The van der Waals surface area contributed by atoms with Crippen LogP contribution in [0, 0.1) is 5.82 Å². The van der Waals surface area contributed by atoms with Crippen LogP contribution in [0.5, 0.6) is 5.75 Å². The maximum Gasteiger partial charge on any atom is 0.345 e. The molecule has 0 spiro atoms. The Labute approximate surface area is 125 Å². The van der Waals surface area contributed by atoms with Gasteiger partial charge < -0.3 is 9.30 Å². The van der Waals surface area contributed by atoms with Crippen molar-refractivity contribution in [2.75, 3.05) is 0 Å². The number of rotatable bonds is 2. The average Bonchev–Trinajstić information content (AvgIpc) is 2.51. The summed E-state index contributed by atoms with van der Waals surface area (Å²) in [5, 5.41) is 0.936. The molecule has 0 aliphatic carbocycles. The molecule has 4 nitrogen and oxygen atoms in total. The number of hydrogen-bond acceptors (Lipinski definition) is 3. The second kappa shape index (κ2) is 5.44. The van der Waals surface area contributed by atoms with Gasteiger partial charge in [-0.1, -0.05) is 24.3 Å². The van der Waals surface area contributed by atoms with Gasteiger partial charge in [-0.25, -0.2) is 9.18 Å². The third-order valence-electron chi connectivity index (χ3n) is 3.32. The third kappa shape index (κ3) is 2.48. The van der Waals surface area contributed by atoms with Crippen LogP contribution >= 0.6 is 0 Å². The van der Waals surface area contributed by atoms with Crippen molar-refractivity contribution in [3.8, 4) is 5.75 Å². The molecule has 110 valence electrons. The number of benzene rings is 2. The van der Waals surface area contributed by atoms with Gasteiger partial charge in [-0.2, -0.15) is 0 Å². The van der Waals surface area contributed by atoms with Crippen molar-refractivity contribution in [1.29, 1.82) is 0 Å². The zero-order valence-electron chi connectivity index (χ0n) is 11.7. The number of halogens is 1. The summed E-state index contributed by atoms with van der Waals surface area (Å²) in [6, 6.07) is 12.1. The second-order valence-electron chi connectivity index (χ2n) is 4.85. The van der Waals surface area contributed by atoms with Crippen LogP contribution in [0.4, 0.5) is 4.39 Å². The maximum atomic E-state index is 13.2. The zero-order chi connectivity index (χ0) is 15.7. The van der Waals surface area contributed by atoms with Crippen molar-refractivity contribution in [1.82, 2.24) is 4.57 Å². The Morgan fingerprint density at radius 2 is 1.82 bits per heavy atom. The predicted octanol–water partition coefficient (Wildman–Crippen LogP) is 2.90. The van der Waals surface area contributed by atoms with Crippen molar-refractivity contribution >= 4 is 16.7 Å². The van der Waals surface area contributed by atoms with E-state index in [1.807, 2.05) is 0 Å². The standard InChI is InChI=1S/C17H12FNO3/c1-19-10-15(13-7-2-3-8-14(13)16(19)20)17(21)22-12-6-4-5-11(18)9-12/h2-10H,1H3. The van der Waals surface area contributed by atoms with Crippen LogP contribution in [0.25, 0.3) is 10.8 Å². The highest BCUT2D eigenvalue weighted by Crippen LogP contribution is 2.19. The molecule has 0 unspecified atom stereocenters. The molecule has 0 atom stereocenters. The lowest BCUT2D eigenvalue weighted by Crippen LogP contribution is -2.20. The first-order chi connectivity index (χ1) is 10.6. The molecule has 5 heteroatoms. The Kier molecular flexibility index (Phi) is 3.47. The summed E-state index contributed by atoms with van der Waals surface area (Å²) >= 11 is 0. The molecule has 1 aromatic heterocycles. The van der Waals surface area contributed by atoms with Crippen LogP contribution in [-0.2, 0) is 7.05 Å². The fraction of sp³-hybridized carbons (Fsp3) is 0.0588. The number of nitrogens with zero attached hydrogens (tertiary/aromatic N) is 1. The smallest absolute Gasteiger partial charge is 0.345 e. The second-order valence-corrected chi connectivity index (χ2v) is 4.85. The van der Waals surface area contributed by atoms with Crippen LogP contribution in [0.15, 0.2) is 59.5 Å². The largest absolute Gasteiger partial charge is 0.423 e. The normalized spacial score (nSPS) is 10.6. The number of fused-ring (bicyclic) bond motifs is 1. The van der Waals surface area contributed by atoms with Gasteiger partial charge in [0.2, 0.25) is 0 Å². The summed E-state index contributed by atoms with van der Waals surface area (Å²) < 4.78 is 19.7. The van der Waals surface area contributed by atoms with Crippen LogP contribution in [-0.4, -0.2) is 10.5 Å². The lowest BCUT2D eigenvalue weighted by molar-refractivity contribution is 0.0735. The first kappa shape index (κ1) is 14.0. The van der Waals surface area contributed by atoms with Gasteiger partial charge in [-0.05, 0) is 18.2 Å². The van der Waals surface area contributed by atoms with Gasteiger partial charge in [-0.15, -0.1) is 0 Å². The van der Waals surface area contributed by atoms with Gasteiger partial charge in [0.05, 0.1) is 5.56 Å². The molecule has 2 aromatic carbocycles. The van der Waals surface area contributed by atoms with Crippen LogP contribution in [0.2, 0.25) is 0 Å². The van der Waals surface area contributed by atoms with Crippen molar-refractivity contribution in [3.63, 3.8) is 0 Å². The SMILES string of the molecule is Cn1cc(C(=O)Oc2cccc(F)c2)c2ccccc2c1=O. The van der Waals surface area contributed by atoms with Crippen molar-refractivity contribution in [2.45, 2.75) is 0 Å². The minimum Gasteiger partial charge on any atom is -0.423 e. The van der Waals surface area contributed by atoms with Gasteiger partial charge in [0.25, 0.3) is 5.56 Å². The minimum absolute atomic E-state index is 0.114. The highest BCUT2D eigenvalue weighted by atomic mass is 19.1. The Morgan fingerprint density at radius 1 is 1.09 bits per heavy atom. The van der Waals surface area contributed by atoms with Gasteiger partial charge in [-0.3, -0.25) is 4.79 Å². The molecule has 1 heterocycles. The maximum absolute atomic E-state index is 13.2. The van der Waals surface area contributed by atoms with Crippen molar-refractivity contribution < 1.29 is 13.9 Å². The lowest BCUT2D eigenvalue weighted by atomic mass is 10.1. The van der Waals surface area contributed by atoms with Crippen LogP contribution in [0.1, 0.15) is 10.4 Å². The third-order valence-corrected chi connectivity index (χ3v) is 3.32. The fourth-order valence-electron chi connectivity index (χ4n) is 2.27. The molecule has 0 saturated carbocycles. The number of carbonyl (C=O) groups is 1. The molecule has 0 saturated heterocycles. The fourth-order valence-corrected chi connectivity index (χ4v) is 2.27. The Balaban J connectivity index is 2.08. The van der Waals surface area contributed by atoms with Gasteiger partial charge in [0, 0.05) is 30.1 Å². The predicted molar refractivity (Wildman–Crippen MR) is 80.5 cm³/mol. The Bertz CT molecular complexity index is 931. The number of hydrogen-bond donors (Lipinski definition) is 0. The van der Waals surface area contributed by atoms with E-state index in [9.17, 15) is 14.0 Å². The number of pyridine rings is 1. The molecule has 3 aromatic rings. The van der Waals surface area contributed by atoms with E-state index >= 15 is 0 Å². The first-order valence-corrected chi connectivity index (χ1v) is 6.62. The number of ether oxygens (including phenoxy) is 1. The van der Waals surface area contributed by atoms with Crippen LogP contribution in [0.3, 0.4) is 0 Å². The molecule has 22 heavy (non-hydrogen) atoms. The number of carbonyl (C=O) groups excluding carboxylic acids is 1. The summed E-state index contributed by atoms with van der Waals surface area (Å²) in [4.78, 5) is 24.4. The lowest BCUT2D eigenvalue weighted by Gasteiger charge is -2.09. The van der Waals surface area contributed by atoms with E-state index < -0.39 is 11.8 Å². The molecule has 3 rings (SSSR count). The topological polar surface area (TPSA) is 48.3 Å². The molecule has 0 aliphatic rings. The molecule has 0 amide bonds. The Morgan fingerprint density at radius 3 is 2.55 bits per heavy atom. The van der Waals surface area contributed by atoms with Gasteiger partial charge in [0.1, 0.15) is 11.6 Å². The van der Waals surface area contributed by atoms with Crippen molar-refractivity contribution in [2.24, 2.45) is 7.05 Å². The first-order valence-electron chi connectivity index (χ1n) is 6.62. The average molecular weight is 297 g/mol. The number of aryl methyl sites for hydroxylation is 1. The number of esters is 1. The van der Waals surface area contributed by atoms with Crippen LogP contribution < -0.4 is 10.3 Å². The zero-order valence-corrected chi connectivity index (χ0v) is 11.7. The quantitative estimate of drug-likeness (QED) is 0.540. The highest BCUT2D eigenvalue weighted by molar-refractivity contribution is 6.04. The van der Waals surface area contributed by atoms with E-state index in [1.165, 1.54) is 29.0 Å². The molecular weight excluding hydrogens is 285 g/mol. The van der Waals surface area contributed by atoms with E-state index in [-0.39, 0.29) is 16.9 Å². The highest BCUT2D eigenvalue weighted by Gasteiger charge is 2.15. The molecule has 0 aliphatic heterocycles. The van der Waals surface area contributed by atoms with E-state index in [2.05, 4.69) is 0 Å². The van der Waals surface area contributed by atoms with Gasteiger partial charge in [0.15, 0.2) is 0 Å². The molecule has 0 fully saturated rings. The van der Waals surface area contributed by atoms with E-state index in [0.29, 0.717) is 10.8 Å². The number of aromatic nitrogens is 1. The summed E-state index contributed by atoms with van der Waals surface area (Å²) in [6.07, 6.45) is 1.42.